The highest BCUT2D eigenvalue weighted by molar-refractivity contribution is 5.84. The number of hydrogen-bond acceptors (Lipinski definition) is 2. The van der Waals surface area contributed by atoms with E-state index >= 15 is 0 Å². The maximum Gasteiger partial charge on any atom is 0.230 e. The van der Waals surface area contributed by atoms with Crippen molar-refractivity contribution < 1.29 is 4.79 Å². The molecule has 1 amide bonds. The van der Waals surface area contributed by atoms with Crippen molar-refractivity contribution in [3.05, 3.63) is 0 Å². The Morgan fingerprint density at radius 1 is 1.44 bits per heavy atom. The second kappa shape index (κ2) is 5.67. The third kappa shape index (κ3) is 2.57. The zero-order valence-corrected chi connectivity index (χ0v) is 11.0. The van der Waals surface area contributed by atoms with Gasteiger partial charge in [0, 0.05) is 19.6 Å². The van der Waals surface area contributed by atoms with Gasteiger partial charge in [-0.2, -0.15) is 0 Å². The first-order valence-electron chi connectivity index (χ1n) is 6.59. The Hall–Kier alpha value is -0.570. The molecule has 94 valence electrons. The van der Waals surface area contributed by atoms with Gasteiger partial charge in [-0.3, -0.25) is 4.79 Å². The number of carbonyl (C=O) groups is 1. The van der Waals surface area contributed by atoms with Crippen molar-refractivity contribution in [2.45, 2.75) is 46.5 Å². The zero-order valence-electron chi connectivity index (χ0n) is 11.0. The smallest absolute Gasteiger partial charge is 0.230 e. The minimum Gasteiger partial charge on any atom is -0.342 e. The summed E-state index contributed by atoms with van der Waals surface area (Å²) < 4.78 is 0. The van der Waals surface area contributed by atoms with Gasteiger partial charge in [-0.15, -0.1) is 0 Å². The summed E-state index contributed by atoms with van der Waals surface area (Å²) in [6.45, 7) is 8.63. The van der Waals surface area contributed by atoms with Gasteiger partial charge in [0.15, 0.2) is 0 Å². The average Bonchev–Trinajstić information content (AvgIpc) is 2.25. The first-order chi connectivity index (χ1) is 7.59. The standard InChI is InChI=1S/C13H26N2O/c1-4-6-7-15(5-2)12(16)13(10-14)8-11(3)9-13/h11H,4-10,14H2,1-3H3. The lowest BCUT2D eigenvalue weighted by Crippen LogP contribution is -2.54. The molecule has 0 spiro atoms. The van der Waals surface area contributed by atoms with Crippen LogP contribution in [0.3, 0.4) is 0 Å². The summed E-state index contributed by atoms with van der Waals surface area (Å²) in [6.07, 6.45) is 4.18. The topological polar surface area (TPSA) is 46.3 Å². The number of hydrogen-bond donors (Lipinski definition) is 1. The number of nitrogens with zero attached hydrogens (tertiary/aromatic N) is 1. The number of carbonyl (C=O) groups excluding carboxylic acids is 1. The highest BCUT2D eigenvalue weighted by Gasteiger charge is 2.48. The Bertz CT molecular complexity index is 234. The third-order valence-electron chi connectivity index (χ3n) is 3.77. The fourth-order valence-electron chi connectivity index (χ4n) is 2.79. The maximum absolute atomic E-state index is 12.4. The van der Waals surface area contributed by atoms with Crippen LogP contribution in [0.15, 0.2) is 0 Å². The number of amides is 1. The largest absolute Gasteiger partial charge is 0.342 e. The van der Waals surface area contributed by atoms with Gasteiger partial charge in [0.25, 0.3) is 0 Å². The zero-order chi connectivity index (χ0) is 12.2. The summed E-state index contributed by atoms with van der Waals surface area (Å²) in [7, 11) is 0. The summed E-state index contributed by atoms with van der Waals surface area (Å²) in [5, 5.41) is 0. The summed E-state index contributed by atoms with van der Waals surface area (Å²) in [5.41, 5.74) is 5.59. The molecule has 3 heteroatoms. The minimum absolute atomic E-state index is 0.219. The van der Waals surface area contributed by atoms with Crippen LogP contribution in [-0.2, 0) is 4.79 Å². The van der Waals surface area contributed by atoms with Gasteiger partial charge in [-0.1, -0.05) is 20.3 Å². The van der Waals surface area contributed by atoms with Crippen molar-refractivity contribution in [3.63, 3.8) is 0 Å². The molecule has 16 heavy (non-hydrogen) atoms. The van der Waals surface area contributed by atoms with E-state index in [0.29, 0.717) is 18.4 Å². The monoisotopic (exact) mass is 226 g/mol. The van der Waals surface area contributed by atoms with Crippen molar-refractivity contribution in [3.8, 4) is 0 Å². The van der Waals surface area contributed by atoms with Gasteiger partial charge in [0.1, 0.15) is 0 Å². The highest BCUT2D eigenvalue weighted by Crippen LogP contribution is 2.45. The molecule has 0 atom stereocenters. The predicted molar refractivity (Wildman–Crippen MR) is 67.0 cm³/mol. The van der Waals surface area contributed by atoms with E-state index < -0.39 is 0 Å². The predicted octanol–water partition coefficient (Wildman–Crippen LogP) is 2.01. The van der Waals surface area contributed by atoms with E-state index in [4.69, 9.17) is 5.73 Å². The van der Waals surface area contributed by atoms with Crippen LogP contribution in [0.2, 0.25) is 0 Å². The Labute approximate surface area is 99.4 Å². The number of unbranched alkanes of at least 4 members (excludes halogenated alkanes) is 1. The van der Waals surface area contributed by atoms with Crippen LogP contribution in [0.1, 0.15) is 46.5 Å². The van der Waals surface area contributed by atoms with Crippen LogP contribution in [0.5, 0.6) is 0 Å². The molecule has 1 fully saturated rings. The van der Waals surface area contributed by atoms with Crippen molar-refractivity contribution in [1.82, 2.24) is 4.90 Å². The quantitative estimate of drug-likeness (QED) is 0.753. The molecule has 0 saturated heterocycles. The molecular formula is C13H26N2O. The molecule has 0 radical (unpaired) electrons. The molecule has 1 rings (SSSR count). The summed E-state index contributed by atoms with van der Waals surface area (Å²) in [6, 6.07) is 0. The Balaban J connectivity index is 2.59. The second-order valence-electron chi connectivity index (χ2n) is 5.24. The normalized spacial score (nSPS) is 28.6. The molecule has 1 saturated carbocycles. The Morgan fingerprint density at radius 3 is 2.44 bits per heavy atom. The van der Waals surface area contributed by atoms with Crippen LogP contribution in [0.25, 0.3) is 0 Å². The molecule has 0 heterocycles. The fraction of sp³-hybridized carbons (Fsp3) is 0.923. The summed E-state index contributed by atoms with van der Waals surface area (Å²) >= 11 is 0. The van der Waals surface area contributed by atoms with E-state index in [-0.39, 0.29) is 5.41 Å². The molecule has 0 aromatic carbocycles. The van der Waals surface area contributed by atoms with Crippen molar-refractivity contribution in [2.24, 2.45) is 17.1 Å². The van der Waals surface area contributed by atoms with E-state index in [1.54, 1.807) is 0 Å². The highest BCUT2D eigenvalue weighted by atomic mass is 16.2. The first kappa shape index (κ1) is 13.5. The van der Waals surface area contributed by atoms with Crippen LogP contribution >= 0.6 is 0 Å². The van der Waals surface area contributed by atoms with Gasteiger partial charge in [0.2, 0.25) is 5.91 Å². The average molecular weight is 226 g/mol. The van der Waals surface area contributed by atoms with Crippen molar-refractivity contribution >= 4 is 5.91 Å². The minimum atomic E-state index is -0.219. The first-order valence-corrected chi connectivity index (χ1v) is 6.59. The molecule has 0 aromatic rings. The lowest BCUT2D eigenvalue weighted by Gasteiger charge is -2.46. The van der Waals surface area contributed by atoms with Crippen LogP contribution in [-0.4, -0.2) is 30.4 Å². The number of nitrogens with two attached hydrogens (primary N) is 1. The van der Waals surface area contributed by atoms with Gasteiger partial charge < -0.3 is 10.6 Å². The van der Waals surface area contributed by atoms with E-state index in [2.05, 4.69) is 20.8 Å². The van der Waals surface area contributed by atoms with E-state index in [9.17, 15) is 4.79 Å². The molecule has 0 bridgehead atoms. The van der Waals surface area contributed by atoms with Gasteiger partial charge in [-0.25, -0.2) is 0 Å². The molecular weight excluding hydrogens is 200 g/mol. The Kier molecular flexibility index (Phi) is 4.78. The Morgan fingerprint density at radius 2 is 2.06 bits per heavy atom. The second-order valence-corrected chi connectivity index (χ2v) is 5.24. The van der Waals surface area contributed by atoms with Crippen LogP contribution in [0.4, 0.5) is 0 Å². The summed E-state index contributed by atoms with van der Waals surface area (Å²) in [4.78, 5) is 14.4. The van der Waals surface area contributed by atoms with Gasteiger partial charge in [-0.05, 0) is 32.1 Å². The molecule has 2 N–H and O–H groups in total. The van der Waals surface area contributed by atoms with E-state index in [1.807, 2.05) is 4.90 Å². The molecule has 1 aliphatic rings. The fourth-order valence-corrected chi connectivity index (χ4v) is 2.79. The lowest BCUT2D eigenvalue weighted by molar-refractivity contribution is -0.149. The molecule has 1 aliphatic carbocycles. The molecule has 3 nitrogen and oxygen atoms in total. The van der Waals surface area contributed by atoms with Gasteiger partial charge >= 0.3 is 0 Å². The van der Waals surface area contributed by atoms with E-state index in [0.717, 1.165) is 38.8 Å². The third-order valence-corrected chi connectivity index (χ3v) is 3.77. The summed E-state index contributed by atoms with van der Waals surface area (Å²) in [5.74, 6) is 0.960. The van der Waals surface area contributed by atoms with Crippen LogP contribution < -0.4 is 5.73 Å². The van der Waals surface area contributed by atoms with Crippen LogP contribution in [0, 0.1) is 11.3 Å². The lowest BCUT2D eigenvalue weighted by atomic mass is 9.62. The van der Waals surface area contributed by atoms with E-state index in [1.165, 1.54) is 0 Å². The molecule has 0 aromatic heterocycles. The number of rotatable bonds is 6. The van der Waals surface area contributed by atoms with Crippen molar-refractivity contribution in [2.75, 3.05) is 19.6 Å². The maximum atomic E-state index is 12.4. The SMILES string of the molecule is CCCCN(CC)C(=O)C1(CN)CC(C)C1. The van der Waals surface area contributed by atoms with Gasteiger partial charge in [0.05, 0.1) is 5.41 Å². The molecule has 0 unspecified atom stereocenters. The molecule has 0 aliphatic heterocycles. The van der Waals surface area contributed by atoms with Crippen molar-refractivity contribution in [1.29, 1.82) is 0 Å².